The van der Waals surface area contributed by atoms with Crippen molar-refractivity contribution < 1.29 is 34.4 Å². The number of aliphatic hydroxyl groups is 3. The summed E-state index contributed by atoms with van der Waals surface area (Å²) in [5, 5.41) is 35.5. The monoisotopic (exact) mass is 648 g/mol. The van der Waals surface area contributed by atoms with Crippen molar-refractivity contribution >= 4 is 11.9 Å². The molecule has 1 saturated heterocycles. The van der Waals surface area contributed by atoms with Crippen molar-refractivity contribution in [1.29, 1.82) is 0 Å². The molecule has 6 rings (SSSR count). The summed E-state index contributed by atoms with van der Waals surface area (Å²) >= 11 is 0. The summed E-state index contributed by atoms with van der Waals surface area (Å²) in [4.78, 5) is 28.5. The Bertz CT molecular complexity index is 1480. The fourth-order valence-electron chi connectivity index (χ4n) is 10.2. The first-order chi connectivity index (χ1) is 22.0. The molecule has 7 nitrogen and oxygen atoms in total. The van der Waals surface area contributed by atoms with Crippen LogP contribution in [0.3, 0.4) is 0 Å². The molecule has 7 heteroatoms. The molecular weight excluding hydrogens is 592 g/mol. The number of rotatable bonds is 1. The maximum absolute atomic E-state index is 15.1. The van der Waals surface area contributed by atoms with Crippen LogP contribution in [0, 0.1) is 23.2 Å². The van der Waals surface area contributed by atoms with Gasteiger partial charge in [-0.25, -0.2) is 4.79 Å². The van der Waals surface area contributed by atoms with Gasteiger partial charge >= 0.3 is 11.9 Å². The molecule has 4 aliphatic heterocycles. The number of carbonyl (C=O) groups excluding carboxylic acids is 2. The molecule has 4 heterocycles. The van der Waals surface area contributed by atoms with Crippen LogP contribution < -0.4 is 0 Å². The summed E-state index contributed by atoms with van der Waals surface area (Å²) in [6.07, 6.45) is 12.7. The second kappa shape index (κ2) is 11.8. The Kier molecular flexibility index (Phi) is 8.66. The minimum absolute atomic E-state index is 0.00788. The van der Waals surface area contributed by atoms with Gasteiger partial charge in [0, 0.05) is 17.4 Å². The van der Waals surface area contributed by atoms with E-state index in [9.17, 15) is 20.1 Å². The lowest BCUT2D eigenvalue weighted by molar-refractivity contribution is -0.212. The Morgan fingerprint density at radius 3 is 2.38 bits per heavy atom. The van der Waals surface area contributed by atoms with Gasteiger partial charge in [-0.3, -0.25) is 4.79 Å². The lowest BCUT2D eigenvalue weighted by atomic mass is 9.54. The van der Waals surface area contributed by atoms with Crippen LogP contribution in [0.1, 0.15) is 125 Å². The van der Waals surface area contributed by atoms with Crippen LogP contribution in [-0.2, 0) is 19.1 Å². The largest absolute Gasteiger partial charge is 0.456 e. The fraction of sp³-hybridized carbons (Fsp3) is 0.700. The highest BCUT2D eigenvalue weighted by Gasteiger charge is 2.67. The van der Waals surface area contributed by atoms with E-state index < -0.39 is 39.8 Å². The van der Waals surface area contributed by atoms with Crippen molar-refractivity contribution in [1.82, 2.24) is 0 Å². The summed E-state index contributed by atoms with van der Waals surface area (Å²) in [5.41, 5.74) is 0.411. The normalized spacial score (nSPS) is 46.6. The number of carbonyl (C=O) groups is 2. The highest BCUT2D eigenvalue weighted by molar-refractivity contribution is 5.89. The molecule has 0 aromatic rings. The van der Waals surface area contributed by atoms with Crippen molar-refractivity contribution in [3.8, 4) is 0 Å². The van der Waals surface area contributed by atoms with Gasteiger partial charge in [0.1, 0.15) is 16.8 Å². The number of ether oxygens (including phenoxy) is 2. The quantitative estimate of drug-likeness (QED) is 0.205. The van der Waals surface area contributed by atoms with Gasteiger partial charge in [-0.15, -0.1) is 0 Å². The Labute approximate surface area is 280 Å². The maximum atomic E-state index is 15.1. The molecule has 4 bridgehead atoms. The molecule has 258 valence electrons. The molecule has 2 fully saturated rings. The molecule has 3 N–H and O–H groups in total. The van der Waals surface area contributed by atoms with E-state index >= 15 is 4.79 Å². The molecular formula is C40H56O7. The average molecular weight is 649 g/mol. The molecule has 9 atom stereocenters. The molecule has 6 aliphatic rings. The van der Waals surface area contributed by atoms with E-state index in [0.29, 0.717) is 82.6 Å². The predicted molar refractivity (Wildman–Crippen MR) is 181 cm³/mol. The topological polar surface area (TPSA) is 113 Å². The first kappa shape index (κ1) is 34.4. The van der Waals surface area contributed by atoms with E-state index in [0.717, 1.165) is 23.1 Å². The third-order valence-corrected chi connectivity index (χ3v) is 13.5. The van der Waals surface area contributed by atoms with Gasteiger partial charge in [-0.05, 0) is 137 Å². The summed E-state index contributed by atoms with van der Waals surface area (Å²) in [7, 11) is 0. The zero-order chi connectivity index (χ0) is 34.2. The minimum atomic E-state index is -1.43. The van der Waals surface area contributed by atoms with Crippen LogP contribution in [0.5, 0.6) is 0 Å². The molecule has 0 aromatic carbocycles. The fourth-order valence-corrected chi connectivity index (χ4v) is 10.2. The number of hydrogen-bond donors (Lipinski definition) is 3. The van der Waals surface area contributed by atoms with E-state index in [4.69, 9.17) is 9.47 Å². The number of aliphatic hydroxyl groups excluding tert-OH is 1. The molecule has 1 spiro atoms. The molecule has 0 unspecified atom stereocenters. The van der Waals surface area contributed by atoms with Gasteiger partial charge in [0.05, 0.1) is 17.1 Å². The van der Waals surface area contributed by atoms with Crippen molar-refractivity contribution in [2.24, 2.45) is 23.2 Å². The van der Waals surface area contributed by atoms with Crippen molar-refractivity contribution in [2.45, 2.75) is 154 Å². The molecule has 2 aliphatic carbocycles. The Hall–Kier alpha value is -2.48. The van der Waals surface area contributed by atoms with Gasteiger partial charge in [0.25, 0.3) is 0 Å². The Morgan fingerprint density at radius 1 is 0.915 bits per heavy atom. The molecule has 0 aromatic heterocycles. The molecule has 47 heavy (non-hydrogen) atoms. The molecule has 0 amide bonds. The lowest BCUT2D eigenvalue weighted by Crippen LogP contribution is -2.60. The van der Waals surface area contributed by atoms with E-state index in [2.05, 4.69) is 26.5 Å². The molecule has 1 saturated carbocycles. The lowest BCUT2D eigenvalue weighted by Gasteiger charge is -2.50. The number of fused-ring (bicyclic) bond motifs is 8. The Balaban J connectivity index is 1.51. The van der Waals surface area contributed by atoms with Crippen LogP contribution in [0.25, 0.3) is 0 Å². The van der Waals surface area contributed by atoms with Crippen LogP contribution in [-0.4, -0.2) is 55.8 Å². The van der Waals surface area contributed by atoms with Crippen LogP contribution >= 0.6 is 0 Å². The van der Waals surface area contributed by atoms with Gasteiger partial charge in [0.2, 0.25) is 0 Å². The van der Waals surface area contributed by atoms with E-state index in [-0.39, 0.29) is 23.8 Å². The van der Waals surface area contributed by atoms with Crippen molar-refractivity contribution in [3.63, 3.8) is 0 Å². The first-order valence-corrected chi connectivity index (χ1v) is 18.0. The second-order valence-electron chi connectivity index (χ2n) is 16.7. The number of hydrogen-bond acceptors (Lipinski definition) is 7. The van der Waals surface area contributed by atoms with Gasteiger partial charge in [-0.2, -0.15) is 0 Å². The third-order valence-electron chi connectivity index (χ3n) is 13.5. The number of esters is 2. The summed E-state index contributed by atoms with van der Waals surface area (Å²) < 4.78 is 12.7. The van der Waals surface area contributed by atoms with Crippen LogP contribution in [0.2, 0.25) is 0 Å². The zero-order valence-corrected chi connectivity index (χ0v) is 29.4. The standard InChI is InChI=1S/C40H56O7/c1-24(2)28-14-18-39-29(15-17-38(7,47-35(39)43)40(45)20-19-36(5,44)32(40)23-28)22-26(4)30-12-11-27-9-8-16-37(6,46-34(27)42)33(41)13-10-25(3)21-31(30)39/h9,21,23,29,31-33,41,44-45H,1,8,10-20,22H2,2-7H3/b25-21+,28-23+/t29-,31+,32+,33+,36+,37-,38-,39-,40-/m1/s1. The average Bonchev–Trinajstić information content (AvgIpc) is 3.07. The predicted octanol–water partition coefficient (Wildman–Crippen LogP) is 7.11. The highest BCUT2D eigenvalue weighted by atomic mass is 16.6. The minimum Gasteiger partial charge on any atom is -0.456 e. The van der Waals surface area contributed by atoms with E-state index in [1.54, 1.807) is 6.92 Å². The smallest absolute Gasteiger partial charge is 0.334 e. The highest BCUT2D eigenvalue weighted by Crippen LogP contribution is 2.62. The van der Waals surface area contributed by atoms with Gasteiger partial charge in [-0.1, -0.05) is 47.1 Å². The van der Waals surface area contributed by atoms with Crippen molar-refractivity contribution in [3.05, 3.63) is 58.2 Å². The first-order valence-electron chi connectivity index (χ1n) is 18.0. The summed E-state index contributed by atoms with van der Waals surface area (Å²) in [6.45, 7) is 16.0. The Morgan fingerprint density at radius 2 is 1.66 bits per heavy atom. The van der Waals surface area contributed by atoms with E-state index in [1.807, 2.05) is 32.9 Å². The third kappa shape index (κ3) is 5.53. The second-order valence-corrected chi connectivity index (χ2v) is 16.7. The van der Waals surface area contributed by atoms with E-state index in [1.165, 1.54) is 11.1 Å². The van der Waals surface area contributed by atoms with Gasteiger partial charge < -0.3 is 24.8 Å². The van der Waals surface area contributed by atoms with Gasteiger partial charge in [0.15, 0.2) is 0 Å². The van der Waals surface area contributed by atoms with Crippen molar-refractivity contribution in [2.75, 3.05) is 0 Å². The molecule has 0 radical (unpaired) electrons. The maximum Gasteiger partial charge on any atom is 0.334 e. The summed E-state index contributed by atoms with van der Waals surface area (Å²) in [5.74, 6) is -1.49. The van der Waals surface area contributed by atoms with Crippen LogP contribution in [0.4, 0.5) is 0 Å². The zero-order valence-electron chi connectivity index (χ0n) is 29.4. The summed E-state index contributed by atoms with van der Waals surface area (Å²) in [6, 6.07) is 0. The number of allylic oxidation sites excluding steroid dienone is 7. The van der Waals surface area contributed by atoms with Crippen LogP contribution in [0.15, 0.2) is 58.2 Å². The SMILES string of the molecule is C=C(C)/C1=C/[C@H]2[C@@](C)(O)CC[C@]2(O)[C@@]2(C)CC[C@@H]3CC(C)=C4CCC5=CCC[C@@](C)(OC5=O)[C@@H](O)CC/C(C)=C/[C@@H]4[C@]3(CC1)C(=O)O2.